The van der Waals surface area contributed by atoms with E-state index in [9.17, 15) is 14.4 Å². The van der Waals surface area contributed by atoms with Crippen LogP contribution < -0.4 is 10.6 Å². The van der Waals surface area contributed by atoms with Crippen molar-refractivity contribution in [1.82, 2.24) is 15.6 Å². The van der Waals surface area contributed by atoms with Gasteiger partial charge in [-0.05, 0) is 24.6 Å². The summed E-state index contributed by atoms with van der Waals surface area (Å²) in [5.74, 6) is -1.27. The topological polar surface area (TPSA) is 107 Å². The summed E-state index contributed by atoms with van der Waals surface area (Å²) >= 11 is 0. The molecule has 0 saturated carbocycles. The molecule has 0 saturated heterocycles. The molecule has 2 amide bonds. The number of ether oxygens (including phenoxy) is 2. The predicted octanol–water partition coefficient (Wildman–Crippen LogP) is 2.11. The van der Waals surface area contributed by atoms with E-state index >= 15 is 0 Å². The monoisotopic (exact) mass is 381 g/mol. The molecule has 8 heteroatoms. The number of benzene rings is 1. The molecule has 144 valence electrons. The van der Waals surface area contributed by atoms with Gasteiger partial charge in [-0.1, -0.05) is 36.4 Å². The lowest BCUT2D eigenvalue weighted by Gasteiger charge is -2.29. The van der Waals surface area contributed by atoms with Crippen molar-refractivity contribution >= 4 is 18.0 Å². The molecule has 1 aliphatic rings. The van der Waals surface area contributed by atoms with Crippen molar-refractivity contribution in [2.24, 2.45) is 0 Å². The van der Waals surface area contributed by atoms with Crippen molar-refractivity contribution in [3.63, 3.8) is 0 Å². The van der Waals surface area contributed by atoms with Crippen molar-refractivity contribution in [2.75, 3.05) is 13.2 Å². The van der Waals surface area contributed by atoms with E-state index in [0.29, 0.717) is 5.56 Å². The van der Waals surface area contributed by atoms with Gasteiger partial charge in [-0.2, -0.15) is 0 Å². The highest BCUT2D eigenvalue weighted by molar-refractivity contribution is 5.95. The van der Waals surface area contributed by atoms with Gasteiger partial charge in [-0.15, -0.1) is 0 Å². The number of amides is 2. The first-order valence-electron chi connectivity index (χ1n) is 8.71. The Morgan fingerprint density at radius 2 is 1.79 bits per heavy atom. The number of hydrogen-bond acceptors (Lipinski definition) is 6. The second-order valence-electron chi connectivity index (χ2n) is 5.85. The summed E-state index contributed by atoms with van der Waals surface area (Å²) in [6, 6.07) is 12.6. The minimum absolute atomic E-state index is 0.126. The van der Waals surface area contributed by atoms with Gasteiger partial charge in [0.05, 0.1) is 23.9 Å². The Morgan fingerprint density at radius 1 is 1.04 bits per heavy atom. The van der Waals surface area contributed by atoms with Gasteiger partial charge in [0.1, 0.15) is 12.3 Å². The summed E-state index contributed by atoms with van der Waals surface area (Å²) in [7, 11) is 0. The van der Waals surface area contributed by atoms with Crippen LogP contribution in [-0.4, -0.2) is 36.2 Å². The third-order valence-electron chi connectivity index (χ3n) is 4.00. The lowest BCUT2D eigenvalue weighted by molar-refractivity contribution is -0.139. The number of nitrogens with one attached hydrogen (secondary N) is 2. The summed E-state index contributed by atoms with van der Waals surface area (Å²) in [4.78, 5) is 40.8. The van der Waals surface area contributed by atoms with Crippen molar-refractivity contribution in [1.29, 1.82) is 0 Å². The summed E-state index contributed by atoms with van der Waals surface area (Å²) in [5.41, 5.74) is 1.18. The van der Waals surface area contributed by atoms with Crippen LogP contribution in [0.1, 0.15) is 29.0 Å². The predicted molar refractivity (Wildman–Crippen MR) is 99.0 cm³/mol. The highest BCUT2D eigenvalue weighted by Gasteiger charge is 2.34. The summed E-state index contributed by atoms with van der Waals surface area (Å²) < 4.78 is 10.4. The van der Waals surface area contributed by atoms with Gasteiger partial charge in [-0.25, -0.2) is 19.4 Å². The average Bonchev–Trinajstić information content (AvgIpc) is 2.73. The maximum absolute atomic E-state index is 12.6. The molecule has 2 heterocycles. The van der Waals surface area contributed by atoms with Gasteiger partial charge < -0.3 is 20.1 Å². The van der Waals surface area contributed by atoms with Crippen LogP contribution in [0, 0.1) is 0 Å². The highest BCUT2D eigenvalue weighted by atomic mass is 16.5. The van der Waals surface area contributed by atoms with Gasteiger partial charge in [0.25, 0.3) is 0 Å². The van der Waals surface area contributed by atoms with Crippen LogP contribution in [0.2, 0.25) is 0 Å². The maximum Gasteiger partial charge on any atom is 0.357 e. The minimum Gasteiger partial charge on any atom is -0.463 e. The van der Waals surface area contributed by atoms with Crippen LogP contribution in [0.5, 0.6) is 0 Å². The van der Waals surface area contributed by atoms with E-state index < -0.39 is 24.0 Å². The fourth-order valence-corrected chi connectivity index (χ4v) is 2.77. The van der Waals surface area contributed by atoms with E-state index in [4.69, 9.17) is 9.47 Å². The molecule has 0 radical (unpaired) electrons. The van der Waals surface area contributed by atoms with E-state index in [1.54, 1.807) is 43.3 Å². The van der Waals surface area contributed by atoms with Crippen LogP contribution in [0.3, 0.4) is 0 Å². The van der Waals surface area contributed by atoms with E-state index in [1.807, 2.05) is 6.07 Å². The number of esters is 2. The zero-order chi connectivity index (χ0) is 19.9. The van der Waals surface area contributed by atoms with Gasteiger partial charge >= 0.3 is 18.0 Å². The normalized spacial score (nSPS) is 16.0. The highest BCUT2D eigenvalue weighted by Crippen LogP contribution is 2.27. The maximum atomic E-state index is 12.6. The van der Waals surface area contributed by atoms with Gasteiger partial charge in [0.2, 0.25) is 0 Å². The van der Waals surface area contributed by atoms with Crippen molar-refractivity contribution in [3.8, 4) is 0 Å². The quantitative estimate of drug-likeness (QED) is 0.743. The largest absolute Gasteiger partial charge is 0.463 e. The van der Waals surface area contributed by atoms with Crippen LogP contribution >= 0.6 is 0 Å². The van der Waals surface area contributed by atoms with Gasteiger partial charge in [0, 0.05) is 6.20 Å². The Kier molecular flexibility index (Phi) is 6.01. The molecule has 2 N–H and O–H groups in total. The van der Waals surface area contributed by atoms with Crippen LogP contribution in [0.4, 0.5) is 4.79 Å². The van der Waals surface area contributed by atoms with Crippen molar-refractivity contribution in [2.45, 2.75) is 13.0 Å². The smallest absolute Gasteiger partial charge is 0.357 e. The molecule has 8 nitrogen and oxygen atoms in total. The SMILES string of the molecule is CCOC(=O)C1=C(COC(=O)c2ccccn2)NC(=O)NC1c1ccccc1. The minimum atomic E-state index is -0.724. The number of carbonyl (C=O) groups excluding carboxylic acids is 3. The second kappa shape index (κ2) is 8.81. The summed E-state index contributed by atoms with van der Waals surface area (Å²) in [6.07, 6.45) is 1.47. The fourth-order valence-electron chi connectivity index (χ4n) is 2.77. The lowest BCUT2D eigenvalue weighted by Crippen LogP contribution is -2.47. The van der Waals surface area contributed by atoms with E-state index in [1.165, 1.54) is 12.3 Å². The third-order valence-corrected chi connectivity index (χ3v) is 4.00. The first-order valence-corrected chi connectivity index (χ1v) is 8.71. The Balaban J connectivity index is 1.91. The van der Waals surface area contributed by atoms with E-state index in [0.717, 1.165) is 0 Å². The lowest BCUT2D eigenvalue weighted by atomic mass is 9.95. The molecule has 0 spiro atoms. The molecule has 3 rings (SSSR count). The molecule has 1 aliphatic heterocycles. The molecule has 2 aromatic rings. The molecule has 1 atom stereocenters. The summed E-state index contributed by atoms with van der Waals surface area (Å²) in [6.45, 7) is 1.55. The van der Waals surface area contributed by atoms with Gasteiger partial charge in [-0.3, -0.25) is 0 Å². The molecule has 1 aromatic carbocycles. The van der Waals surface area contributed by atoms with Crippen molar-refractivity contribution in [3.05, 3.63) is 77.3 Å². The number of urea groups is 1. The van der Waals surface area contributed by atoms with Crippen LogP contribution in [0.15, 0.2) is 66.0 Å². The van der Waals surface area contributed by atoms with Crippen LogP contribution in [-0.2, 0) is 14.3 Å². The second-order valence-corrected chi connectivity index (χ2v) is 5.85. The number of carbonyl (C=O) groups is 3. The Hall–Kier alpha value is -3.68. The molecule has 1 unspecified atom stereocenters. The fraction of sp³-hybridized carbons (Fsp3) is 0.200. The Labute approximate surface area is 161 Å². The Morgan fingerprint density at radius 3 is 2.46 bits per heavy atom. The molecule has 0 bridgehead atoms. The average molecular weight is 381 g/mol. The Bertz CT molecular complexity index is 897. The first-order chi connectivity index (χ1) is 13.6. The molecular weight excluding hydrogens is 362 g/mol. The van der Waals surface area contributed by atoms with Crippen molar-refractivity contribution < 1.29 is 23.9 Å². The third kappa shape index (κ3) is 4.35. The van der Waals surface area contributed by atoms with Crippen LogP contribution in [0.25, 0.3) is 0 Å². The standard InChI is InChI=1S/C20H19N3O5/c1-2-27-19(25)16-15(12-28-18(24)14-10-6-7-11-21-14)22-20(26)23-17(16)13-8-4-3-5-9-13/h3-11,17H,2,12H2,1H3,(H2,22,23,26). The number of rotatable bonds is 6. The molecule has 0 aliphatic carbocycles. The van der Waals surface area contributed by atoms with E-state index in [-0.39, 0.29) is 30.2 Å². The zero-order valence-corrected chi connectivity index (χ0v) is 15.2. The van der Waals surface area contributed by atoms with E-state index in [2.05, 4.69) is 15.6 Å². The number of pyridine rings is 1. The molecular formula is C20H19N3O5. The molecule has 28 heavy (non-hydrogen) atoms. The molecule has 0 fully saturated rings. The first kappa shape index (κ1) is 19.1. The van der Waals surface area contributed by atoms with Gasteiger partial charge in [0.15, 0.2) is 0 Å². The molecule has 1 aromatic heterocycles. The zero-order valence-electron chi connectivity index (χ0n) is 15.2. The number of hydrogen-bond donors (Lipinski definition) is 2. The number of nitrogens with zero attached hydrogens (tertiary/aromatic N) is 1. The number of aromatic nitrogens is 1. The summed E-state index contributed by atoms with van der Waals surface area (Å²) in [5, 5.41) is 5.25.